The molecule has 1 aromatic carbocycles. The van der Waals surface area contributed by atoms with E-state index in [9.17, 15) is 0 Å². The lowest BCUT2D eigenvalue weighted by molar-refractivity contribution is -0.0416. The molecule has 0 spiro atoms. The van der Waals surface area contributed by atoms with Gasteiger partial charge in [-0.25, -0.2) is 9.97 Å². The lowest BCUT2D eigenvalue weighted by Gasteiger charge is -2.55. The summed E-state index contributed by atoms with van der Waals surface area (Å²) in [6, 6.07) is 10.4. The van der Waals surface area contributed by atoms with Gasteiger partial charge < -0.3 is 9.64 Å². The summed E-state index contributed by atoms with van der Waals surface area (Å²) in [6.45, 7) is 4.51. The molecule has 2 aromatic heterocycles. The van der Waals surface area contributed by atoms with Crippen molar-refractivity contribution in [1.82, 2.24) is 19.7 Å². The standard InChI is InChI=1S/C19H23N5O/c1-19(2)15(10-16(19)25-13-8-6-5-7-9-13)23(3)17-14-11-22-24(4)18(14)21-12-20-17/h5-9,11-12,15-16H,10H2,1-4H3. The van der Waals surface area contributed by atoms with Gasteiger partial charge in [0, 0.05) is 32.0 Å². The van der Waals surface area contributed by atoms with Gasteiger partial charge >= 0.3 is 0 Å². The highest BCUT2D eigenvalue weighted by molar-refractivity contribution is 5.86. The van der Waals surface area contributed by atoms with Gasteiger partial charge in [0.05, 0.1) is 11.6 Å². The van der Waals surface area contributed by atoms with E-state index in [0.717, 1.165) is 29.0 Å². The number of benzene rings is 1. The van der Waals surface area contributed by atoms with Crippen molar-refractivity contribution >= 4 is 16.9 Å². The normalized spacial score (nSPS) is 21.8. The Morgan fingerprint density at radius 3 is 2.68 bits per heavy atom. The largest absolute Gasteiger partial charge is 0.490 e. The Morgan fingerprint density at radius 1 is 1.20 bits per heavy atom. The second kappa shape index (κ2) is 5.72. The molecule has 0 radical (unpaired) electrons. The number of aryl methyl sites for hydroxylation is 1. The minimum absolute atomic E-state index is 0.0179. The first-order valence-electron chi connectivity index (χ1n) is 8.55. The first-order valence-corrected chi connectivity index (χ1v) is 8.55. The Labute approximate surface area is 147 Å². The summed E-state index contributed by atoms with van der Waals surface area (Å²) < 4.78 is 7.98. The van der Waals surface area contributed by atoms with Crippen LogP contribution in [0.25, 0.3) is 11.0 Å². The average Bonchev–Trinajstić information content (AvgIpc) is 3.00. The van der Waals surface area contributed by atoms with Crippen LogP contribution in [0.3, 0.4) is 0 Å². The van der Waals surface area contributed by atoms with Gasteiger partial charge in [0.2, 0.25) is 0 Å². The van der Waals surface area contributed by atoms with E-state index in [-0.39, 0.29) is 11.5 Å². The third-order valence-electron chi connectivity index (χ3n) is 5.46. The van der Waals surface area contributed by atoms with Gasteiger partial charge in [0.15, 0.2) is 5.65 Å². The van der Waals surface area contributed by atoms with E-state index < -0.39 is 0 Å². The Balaban J connectivity index is 1.56. The molecule has 6 heteroatoms. The number of ether oxygens (including phenoxy) is 1. The van der Waals surface area contributed by atoms with Crippen LogP contribution in [0.5, 0.6) is 5.75 Å². The smallest absolute Gasteiger partial charge is 0.163 e. The summed E-state index contributed by atoms with van der Waals surface area (Å²) in [4.78, 5) is 11.1. The first kappa shape index (κ1) is 15.9. The van der Waals surface area contributed by atoms with Crippen molar-refractivity contribution in [1.29, 1.82) is 0 Å². The van der Waals surface area contributed by atoms with Crippen LogP contribution in [0.15, 0.2) is 42.9 Å². The first-order chi connectivity index (χ1) is 12.0. The molecule has 2 heterocycles. The molecular weight excluding hydrogens is 314 g/mol. The zero-order valence-electron chi connectivity index (χ0n) is 15.0. The predicted octanol–water partition coefficient (Wildman–Crippen LogP) is 3.05. The van der Waals surface area contributed by atoms with E-state index in [1.807, 2.05) is 43.6 Å². The topological polar surface area (TPSA) is 56.1 Å². The molecule has 4 rings (SSSR count). The zero-order chi connectivity index (χ0) is 17.6. The van der Waals surface area contributed by atoms with E-state index in [4.69, 9.17) is 4.74 Å². The molecule has 1 aliphatic rings. The van der Waals surface area contributed by atoms with Crippen molar-refractivity contribution < 1.29 is 4.74 Å². The van der Waals surface area contributed by atoms with Gasteiger partial charge in [-0.15, -0.1) is 0 Å². The van der Waals surface area contributed by atoms with Gasteiger partial charge in [-0.2, -0.15) is 5.10 Å². The van der Waals surface area contributed by atoms with E-state index >= 15 is 0 Å². The van der Waals surface area contributed by atoms with Crippen molar-refractivity contribution in [3.05, 3.63) is 42.9 Å². The fourth-order valence-corrected chi connectivity index (χ4v) is 3.76. The van der Waals surface area contributed by atoms with E-state index in [2.05, 4.69) is 40.9 Å². The minimum atomic E-state index is 0.0179. The van der Waals surface area contributed by atoms with Crippen LogP contribution in [-0.4, -0.2) is 38.9 Å². The van der Waals surface area contributed by atoms with Crippen LogP contribution in [0.2, 0.25) is 0 Å². The lowest BCUT2D eigenvalue weighted by atomic mass is 9.63. The number of aromatic nitrogens is 4. The molecule has 1 fully saturated rings. The molecule has 0 N–H and O–H groups in total. The van der Waals surface area contributed by atoms with E-state index in [0.29, 0.717) is 6.04 Å². The van der Waals surface area contributed by atoms with Crippen molar-refractivity contribution in [2.75, 3.05) is 11.9 Å². The van der Waals surface area contributed by atoms with Crippen LogP contribution in [0.1, 0.15) is 20.3 Å². The molecule has 0 bridgehead atoms. The summed E-state index contributed by atoms with van der Waals surface area (Å²) >= 11 is 0. The average molecular weight is 337 g/mol. The Kier molecular flexibility index (Phi) is 3.63. The third kappa shape index (κ3) is 2.52. The Morgan fingerprint density at radius 2 is 1.96 bits per heavy atom. The molecule has 0 aliphatic heterocycles. The molecule has 3 aromatic rings. The highest BCUT2D eigenvalue weighted by Gasteiger charge is 2.52. The fraction of sp³-hybridized carbons (Fsp3) is 0.421. The summed E-state index contributed by atoms with van der Waals surface area (Å²) in [5.74, 6) is 1.85. The second-order valence-corrected chi connectivity index (χ2v) is 7.31. The zero-order valence-corrected chi connectivity index (χ0v) is 15.0. The maximum Gasteiger partial charge on any atom is 0.163 e. The number of anilines is 1. The Bertz CT molecular complexity index is 889. The lowest BCUT2D eigenvalue weighted by Crippen LogP contribution is -2.62. The predicted molar refractivity (Wildman–Crippen MR) is 97.8 cm³/mol. The van der Waals surface area contributed by atoms with Gasteiger partial charge in [-0.05, 0) is 12.1 Å². The molecule has 2 unspecified atom stereocenters. The molecule has 1 aliphatic carbocycles. The van der Waals surface area contributed by atoms with Crippen LogP contribution in [-0.2, 0) is 7.05 Å². The molecule has 130 valence electrons. The monoisotopic (exact) mass is 337 g/mol. The van der Waals surface area contributed by atoms with Crippen LogP contribution in [0.4, 0.5) is 5.82 Å². The Hall–Kier alpha value is -2.63. The van der Waals surface area contributed by atoms with Crippen molar-refractivity contribution in [2.24, 2.45) is 12.5 Å². The number of para-hydroxylation sites is 1. The number of nitrogens with zero attached hydrogens (tertiary/aromatic N) is 5. The maximum atomic E-state index is 6.20. The highest BCUT2D eigenvalue weighted by Crippen LogP contribution is 2.47. The highest BCUT2D eigenvalue weighted by atomic mass is 16.5. The van der Waals surface area contributed by atoms with Crippen molar-refractivity contribution in [3.8, 4) is 5.75 Å². The van der Waals surface area contributed by atoms with Crippen molar-refractivity contribution in [3.63, 3.8) is 0 Å². The van der Waals surface area contributed by atoms with E-state index in [1.165, 1.54) is 0 Å². The molecule has 1 saturated carbocycles. The van der Waals surface area contributed by atoms with Crippen LogP contribution in [0, 0.1) is 5.41 Å². The van der Waals surface area contributed by atoms with Crippen LogP contribution < -0.4 is 9.64 Å². The van der Waals surface area contributed by atoms with Crippen molar-refractivity contribution in [2.45, 2.75) is 32.4 Å². The number of rotatable bonds is 4. The van der Waals surface area contributed by atoms with Gasteiger partial charge in [0.1, 0.15) is 24.0 Å². The molecule has 2 atom stereocenters. The summed E-state index contributed by atoms with van der Waals surface area (Å²) in [5.41, 5.74) is 0.871. The third-order valence-corrected chi connectivity index (χ3v) is 5.46. The SMILES string of the molecule is CN(c1ncnc2c1cnn2C)C1CC(Oc2ccccc2)C1(C)C. The molecule has 0 amide bonds. The van der Waals surface area contributed by atoms with Gasteiger partial charge in [0.25, 0.3) is 0 Å². The second-order valence-electron chi connectivity index (χ2n) is 7.31. The summed E-state index contributed by atoms with van der Waals surface area (Å²) in [5, 5.41) is 5.29. The van der Waals surface area contributed by atoms with Gasteiger partial charge in [-0.1, -0.05) is 32.0 Å². The number of hydrogen-bond donors (Lipinski definition) is 0. The van der Waals surface area contributed by atoms with Gasteiger partial charge in [-0.3, -0.25) is 4.68 Å². The number of fused-ring (bicyclic) bond motifs is 1. The summed E-state index contributed by atoms with van der Waals surface area (Å²) in [6.07, 6.45) is 4.60. The molecule has 6 nitrogen and oxygen atoms in total. The molecule has 0 saturated heterocycles. The van der Waals surface area contributed by atoms with Crippen LogP contribution >= 0.6 is 0 Å². The minimum Gasteiger partial charge on any atom is -0.490 e. The maximum absolute atomic E-state index is 6.20. The van der Waals surface area contributed by atoms with E-state index in [1.54, 1.807) is 11.0 Å². The fourth-order valence-electron chi connectivity index (χ4n) is 3.76. The molecule has 25 heavy (non-hydrogen) atoms. The number of hydrogen-bond acceptors (Lipinski definition) is 5. The quantitative estimate of drug-likeness (QED) is 0.732. The molecular formula is C19H23N5O. The summed E-state index contributed by atoms with van der Waals surface area (Å²) in [7, 11) is 4.00.